The molecule has 2 unspecified atom stereocenters. The molecule has 0 aromatic rings. The lowest BCUT2D eigenvalue weighted by atomic mass is 10.4. The highest BCUT2D eigenvalue weighted by Gasteiger charge is 2.78. The first-order valence-electron chi connectivity index (χ1n) is 4.07. The fraction of sp³-hybridized carbons (Fsp3) is 0.600. The first kappa shape index (κ1) is 13.5. The number of rotatable bonds is 0. The lowest BCUT2D eigenvalue weighted by Gasteiger charge is -2.49. The molecule has 0 spiro atoms. The minimum atomic E-state index is -3.12. The number of hydrogen-bond donors (Lipinski definition) is 0. The fourth-order valence-electron chi connectivity index (χ4n) is 1.80. The monoisotopic (exact) mass is 376 g/mol. The smallest absolute Gasteiger partial charge is 0.390 e. The van der Waals surface area contributed by atoms with Crippen molar-refractivity contribution >= 4 is 87.0 Å². The Bertz CT molecular complexity index is 344. The third-order valence-corrected chi connectivity index (χ3v) is 29.0. The van der Waals surface area contributed by atoms with E-state index in [1.165, 1.54) is 0 Å². The topological polar surface area (TPSA) is 9.23 Å². The van der Waals surface area contributed by atoms with Gasteiger partial charge in [-0.05, 0) is 0 Å². The summed E-state index contributed by atoms with van der Waals surface area (Å²) in [5.74, 6) is 0. The minimum Gasteiger partial charge on any atom is -0.410 e. The standard InChI is InChI=1S/C5H6Cl6OSi3/c1-5-3-2-4(13(5,6)7)14(8,9)12-15(5,10)11/h2-4H,1H3. The molecule has 0 aromatic carbocycles. The summed E-state index contributed by atoms with van der Waals surface area (Å²) in [4.78, 5) is 0. The van der Waals surface area contributed by atoms with E-state index in [0.29, 0.717) is 0 Å². The minimum absolute atomic E-state index is 0.278. The van der Waals surface area contributed by atoms with Gasteiger partial charge in [0.2, 0.25) is 0 Å². The third-order valence-electron chi connectivity index (χ3n) is 2.94. The van der Waals surface area contributed by atoms with Crippen LogP contribution in [0.25, 0.3) is 0 Å². The predicted molar refractivity (Wildman–Crippen MR) is 74.7 cm³/mol. The number of hydrogen-bond acceptors (Lipinski definition) is 1. The number of fused-ring (bicyclic) bond motifs is 2. The highest BCUT2D eigenvalue weighted by atomic mass is 35.7. The van der Waals surface area contributed by atoms with Crippen molar-refractivity contribution < 1.29 is 4.12 Å². The van der Waals surface area contributed by atoms with E-state index < -0.39 is 25.2 Å². The molecule has 2 aliphatic rings. The SMILES string of the molecule is CC12C=CC([Si](Cl)(Cl)O[Si]1(Cl)Cl)[Si]2(Cl)Cl. The second-order valence-electron chi connectivity index (χ2n) is 3.84. The van der Waals surface area contributed by atoms with Crippen LogP contribution in [-0.4, -0.2) is 20.6 Å². The molecule has 0 N–H and O–H groups in total. The molecule has 15 heavy (non-hydrogen) atoms. The zero-order valence-corrected chi connectivity index (χ0v) is 14.9. The van der Waals surface area contributed by atoms with E-state index in [2.05, 4.69) is 0 Å². The van der Waals surface area contributed by atoms with E-state index in [4.69, 9.17) is 70.6 Å². The summed E-state index contributed by atoms with van der Waals surface area (Å²) in [5, 5.41) is -0.278. The van der Waals surface area contributed by atoms with Crippen LogP contribution in [0, 0.1) is 0 Å². The van der Waals surface area contributed by atoms with Gasteiger partial charge in [0.25, 0.3) is 6.69 Å². The van der Waals surface area contributed by atoms with E-state index in [0.717, 1.165) is 0 Å². The van der Waals surface area contributed by atoms with Gasteiger partial charge in [-0.2, -0.15) is 0 Å². The first-order valence-corrected chi connectivity index (χ1v) is 16.1. The lowest BCUT2D eigenvalue weighted by Crippen LogP contribution is -2.63. The predicted octanol–water partition coefficient (Wildman–Crippen LogP) is 4.55. The van der Waals surface area contributed by atoms with Gasteiger partial charge in [-0.3, -0.25) is 0 Å². The van der Waals surface area contributed by atoms with Crippen LogP contribution >= 0.6 is 66.5 Å². The molecular formula is C5H6Cl6OSi3. The Kier molecular flexibility index (Phi) is 3.21. The van der Waals surface area contributed by atoms with Crippen LogP contribution < -0.4 is 0 Å². The Morgan fingerprint density at radius 3 is 2.20 bits per heavy atom. The molecule has 0 aromatic heterocycles. The summed E-state index contributed by atoms with van der Waals surface area (Å²) >= 11 is 37.7. The van der Waals surface area contributed by atoms with Gasteiger partial charge in [-0.1, -0.05) is 19.1 Å². The van der Waals surface area contributed by atoms with Crippen molar-refractivity contribution in [3.63, 3.8) is 0 Å². The van der Waals surface area contributed by atoms with Crippen molar-refractivity contribution in [1.82, 2.24) is 0 Å². The van der Waals surface area contributed by atoms with Gasteiger partial charge in [-0.25, -0.2) is 0 Å². The van der Waals surface area contributed by atoms with Crippen molar-refractivity contribution in [3.8, 4) is 0 Å². The molecule has 0 saturated carbocycles. The zero-order valence-electron chi connectivity index (χ0n) is 7.41. The van der Waals surface area contributed by atoms with E-state index in [-0.39, 0.29) is 5.16 Å². The van der Waals surface area contributed by atoms with E-state index in [9.17, 15) is 0 Å². The summed E-state index contributed by atoms with van der Waals surface area (Å²) in [6, 6.07) is 0. The molecule has 2 heterocycles. The van der Waals surface area contributed by atoms with Crippen molar-refractivity contribution in [3.05, 3.63) is 12.2 Å². The Balaban J connectivity index is 2.60. The van der Waals surface area contributed by atoms with Crippen LogP contribution in [-0.2, 0) is 4.12 Å². The molecule has 2 rings (SSSR count). The second kappa shape index (κ2) is 3.56. The van der Waals surface area contributed by atoms with Gasteiger partial charge >= 0.3 is 13.9 Å². The van der Waals surface area contributed by atoms with Crippen LogP contribution in [0.3, 0.4) is 0 Å². The van der Waals surface area contributed by atoms with Gasteiger partial charge in [0.15, 0.2) is 0 Å². The summed E-state index contributed by atoms with van der Waals surface area (Å²) < 4.78 is 4.87. The van der Waals surface area contributed by atoms with Crippen LogP contribution in [0.5, 0.6) is 0 Å². The molecule has 2 bridgehead atoms. The molecule has 10 heteroatoms. The van der Waals surface area contributed by atoms with Gasteiger partial charge in [0.1, 0.15) is 0 Å². The maximum Gasteiger partial charge on any atom is 0.390 e. The quantitative estimate of drug-likeness (QED) is 0.341. The van der Waals surface area contributed by atoms with Crippen LogP contribution in [0.15, 0.2) is 12.2 Å². The summed E-state index contributed by atoms with van der Waals surface area (Å²) in [6.45, 7) is -7.11. The summed E-state index contributed by atoms with van der Waals surface area (Å²) in [7, 11) is 0. The van der Waals surface area contributed by atoms with Crippen molar-refractivity contribution in [1.29, 1.82) is 0 Å². The Morgan fingerprint density at radius 1 is 1.13 bits per heavy atom. The zero-order chi connectivity index (χ0) is 11.7. The average Bonchev–Trinajstić information content (AvgIpc) is 2.17. The van der Waals surface area contributed by atoms with Crippen molar-refractivity contribution in [2.75, 3.05) is 0 Å². The van der Waals surface area contributed by atoms with Crippen LogP contribution in [0.1, 0.15) is 6.92 Å². The normalized spacial score (nSPS) is 44.3. The lowest BCUT2D eigenvalue weighted by molar-refractivity contribution is 0.574. The van der Waals surface area contributed by atoms with Crippen molar-refractivity contribution in [2.45, 2.75) is 16.7 Å². The largest absolute Gasteiger partial charge is 0.410 e. The van der Waals surface area contributed by atoms with Gasteiger partial charge < -0.3 is 4.12 Å². The molecule has 1 nitrogen and oxygen atoms in total. The Labute approximate surface area is 119 Å². The van der Waals surface area contributed by atoms with Gasteiger partial charge in [-0.15, -0.1) is 66.5 Å². The molecule has 1 fully saturated rings. The summed E-state index contributed by atoms with van der Waals surface area (Å²) in [6.07, 6.45) is 3.67. The number of halogens is 6. The highest BCUT2D eigenvalue weighted by Crippen LogP contribution is 2.70. The average molecular weight is 379 g/mol. The molecule has 2 atom stereocenters. The van der Waals surface area contributed by atoms with Crippen LogP contribution in [0.4, 0.5) is 0 Å². The van der Waals surface area contributed by atoms with E-state index in [1.807, 2.05) is 19.1 Å². The Morgan fingerprint density at radius 2 is 1.67 bits per heavy atom. The Hall–Kier alpha value is 2.09. The molecule has 0 aliphatic carbocycles. The van der Waals surface area contributed by atoms with Crippen LogP contribution in [0.2, 0.25) is 9.83 Å². The summed E-state index contributed by atoms with van der Waals surface area (Å²) in [5.41, 5.74) is 0. The van der Waals surface area contributed by atoms with Gasteiger partial charge in [0, 0.05) is 5.16 Å². The molecule has 2 aliphatic heterocycles. The molecule has 1 saturated heterocycles. The fourth-order valence-corrected chi connectivity index (χ4v) is 34.3. The molecule has 0 radical (unpaired) electrons. The van der Waals surface area contributed by atoms with E-state index >= 15 is 0 Å². The van der Waals surface area contributed by atoms with E-state index in [1.54, 1.807) is 0 Å². The second-order valence-corrected chi connectivity index (χ2v) is 24.3. The molecule has 86 valence electrons. The maximum absolute atomic E-state index is 6.44. The first-order chi connectivity index (χ1) is 6.55. The maximum atomic E-state index is 6.44. The molecule has 0 amide bonds. The molecular weight excluding hydrogens is 373 g/mol. The van der Waals surface area contributed by atoms with Gasteiger partial charge in [0.05, 0.1) is 4.66 Å². The third kappa shape index (κ3) is 1.64. The number of allylic oxidation sites excluding steroid dienone is 2. The van der Waals surface area contributed by atoms with Crippen molar-refractivity contribution in [2.24, 2.45) is 0 Å². The highest BCUT2D eigenvalue weighted by molar-refractivity contribution is 7.66.